The van der Waals surface area contributed by atoms with Gasteiger partial charge in [0.25, 0.3) is 0 Å². The van der Waals surface area contributed by atoms with Crippen LogP contribution in [0, 0.1) is 6.92 Å². The molecule has 4 heteroatoms. The van der Waals surface area contributed by atoms with Gasteiger partial charge in [-0.15, -0.1) is 0 Å². The molecule has 0 atom stereocenters. The lowest BCUT2D eigenvalue weighted by molar-refractivity contribution is 0.755. The van der Waals surface area contributed by atoms with Gasteiger partial charge in [0.15, 0.2) is 0 Å². The average molecular weight is 292 g/mol. The van der Waals surface area contributed by atoms with E-state index in [-0.39, 0.29) is 0 Å². The van der Waals surface area contributed by atoms with Crippen molar-refractivity contribution in [3.8, 4) is 0 Å². The number of hydrogen-bond donors (Lipinski definition) is 1. The first-order valence-electron chi connectivity index (χ1n) is 7.82. The topological polar surface area (TPSA) is 32.6 Å². The van der Waals surface area contributed by atoms with Gasteiger partial charge in [-0.2, -0.15) is 0 Å². The number of aromatic nitrogens is 2. The Kier molecular flexibility index (Phi) is 3.22. The van der Waals surface area contributed by atoms with Crippen molar-refractivity contribution in [2.24, 2.45) is 0 Å². The minimum absolute atomic E-state index is 0.847. The van der Waals surface area contributed by atoms with Crippen molar-refractivity contribution >= 4 is 17.0 Å². The second kappa shape index (κ2) is 5.37. The maximum absolute atomic E-state index is 4.75. The molecule has 0 spiro atoms. The van der Waals surface area contributed by atoms with Crippen LogP contribution in [0.3, 0.4) is 0 Å². The Bertz CT molecular complexity index is 806. The summed E-state index contributed by atoms with van der Waals surface area (Å²) in [4.78, 5) is 7.17. The van der Waals surface area contributed by atoms with Gasteiger partial charge in [-0.05, 0) is 37.1 Å². The summed E-state index contributed by atoms with van der Waals surface area (Å²) in [6.45, 7) is 5.03. The quantitative estimate of drug-likeness (QED) is 0.785. The second-order valence-corrected chi connectivity index (χ2v) is 5.92. The molecule has 0 radical (unpaired) electrons. The van der Waals surface area contributed by atoms with Crippen LogP contribution in [-0.2, 0) is 6.54 Å². The summed E-state index contributed by atoms with van der Waals surface area (Å²) in [6.07, 6.45) is 5.41. The molecule has 0 bridgehead atoms. The predicted molar refractivity (Wildman–Crippen MR) is 90.5 cm³/mol. The molecule has 112 valence electrons. The number of nitrogens with one attached hydrogen (secondary N) is 1. The fourth-order valence-electron chi connectivity index (χ4n) is 3.10. The Hall–Kier alpha value is -2.49. The summed E-state index contributed by atoms with van der Waals surface area (Å²) in [5.74, 6) is 0. The van der Waals surface area contributed by atoms with Crippen molar-refractivity contribution in [3.05, 3.63) is 60.0 Å². The number of para-hydroxylation sites is 2. The van der Waals surface area contributed by atoms with E-state index in [2.05, 4.69) is 70.3 Å². The van der Waals surface area contributed by atoms with E-state index in [0.29, 0.717) is 0 Å². The number of pyridine rings is 1. The summed E-state index contributed by atoms with van der Waals surface area (Å²) in [5.41, 5.74) is 5.87. The van der Waals surface area contributed by atoms with E-state index in [1.807, 2.05) is 0 Å². The highest BCUT2D eigenvalue weighted by molar-refractivity contribution is 5.70. The van der Waals surface area contributed by atoms with Crippen molar-refractivity contribution in [3.63, 3.8) is 0 Å². The van der Waals surface area contributed by atoms with Gasteiger partial charge in [-0.3, -0.25) is 0 Å². The molecule has 0 unspecified atom stereocenters. The number of benzene rings is 1. The lowest BCUT2D eigenvalue weighted by Gasteiger charge is -2.23. The van der Waals surface area contributed by atoms with Crippen LogP contribution in [0.25, 0.3) is 5.65 Å². The van der Waals surface area contributed by atoms with E-state index in [4.69, 9.17) is 4.98 Å². The molecule has 0 saturated carbocycles. The molecule has 4 nitrogen and oxygen atoms in total. The Morgan fingerprint density at radius 3 is 3.00 bits per heavy atom. The van der Waals surface area contributed by atoms with E-state index in [1.165, 1.54) is 16.9 Å². The zero-order valence-electron chi connectivity index (χ0n) is 12.8. The maximum atomic E-state index is 4.75. The zero-order chi connectivity index (χ0) is 14.9. The van der Waals surface area contributed by atoms with Crippen molar-refractivity contribution in [2.45, 2.75) is 19.9 Å². The Labute approximate surface area is 130 Å². The fourth-order valence-corrected chi connectivity index (χ4v) is 3.10. The van der Waals surface area contributed by atoms with Gasteiger partial charge in [0, 0.05) is 25.5 Å². The van der Waals surface area contributed by atoms with Crippen LogP contribution < -0.4 is 10.2 Å². The van der Waals surface area contributed by atoms with Gasteiger partial charge < -0.3 is 14.6 Å². The van der Waals surface area contributed by atoms with Crippen LogP contribution in [0.1, 0.15) is 17.7 Å². The van der Waals surface area contributed by atoms with Crippen LogP contribution in [0.2, 0.25) is 0 Å². The second-order valence-electron chi connectivity index (χ2n) is 5.92. The van der Waals surface area contributed by atoms with Gasteiger partial charge in [0.1, 0.15) is 5.65 Å². The minimum atomic E-state index is 0.847. The monoisotopic (exact) mass is 292 g/mol. The van der Waals surface area contributed by atoms with Crippen LogP contribution in [0.4, 0.5) is 11.4 Å². The summed E-state index contributed by atoms with van der Waals surface area (Å²) in [7, 11) is 0. The fraction of sp³-hybridized carbons (Fsp3) is 0.278. The van der Waals surface area contributed by atoms with E-state index in [1.54, 1.807) is 0 Å². The average Bonchev–Trinajstić information content (AvgIpc) is 2.80. The molecule has 3 heterocycles. The smallest absolute Gasteiger partial charge is 0.137 e. The summed E-state index contributed by atoms with van der Waals surface area (Å²) < 4.78 is 2.12. The Morgan fingerprint density at radius 2 is 2.05 bits per heavy atom. The molecule has 0 aliphatic carbocycles. The summed E-state index contributed by atoms with van der Waals surface area (Å²) >= 11 is 0. The number of anilines is 2. The molecule has 1 aromatic carbocycles. The van der Waals surface area contributed by atoms with Crippen LogP contribution in [0.15, 0.2) is 48.8 Å². The molecule has 0 saturated heterocycles. The molecule has 2 aromatic heterocycles. The third-order valence-corrected chi connectivity index (χ3v) is 4.17. The standard InChI is InChI=1S/C18H20N4/c1-14-7-8-18-20-15(13-22(18)11-14)12-21-10-4-9-19-16-5-2-3-6-17(16)21/h2-3,5-8,11,13,19H,4,9-10,12H2,1H3. The van der Waals surface area contributed by atoms with Crippen LogP contribution in [-0.4, -0.2) is 22.5 Å². The molecule has 1 aliphatic heterocycles. The molecule has 0 fully saturated rings. The SMILES string of the molecule is Cc1ccc2nc(CN3CCCNc4ccccc43)cn2c1. The number of aryl methyl sites for hydroxylation is 1. The van der Waals surface area contributed by atoms with Gasteiger partial charge in [-0.1, -0.05) is 18.2 Å². The summed E-state index contributed by atoms with van der Waals surface area (Å²) in [5, 5.41) is 3.51. The van der Waals surface area contributed by atoms with Gasteiger partial charge in [0.2, 0.25) is 0 Å². The highest BCUT2D eigenvalue weighted by Crippen LogP contribution is 2.29. The lowest BCUT2D eigenvalue weighted by atomic mass is 10.2. The molecule has 0 amide bonds. The number of imidazole rings is 1. The first-order valence-corrected chi connectivity index (χ1v) is 7.82. The minimum Gasteiger partial charge on any atom is -0.383 e. The highest BCUT2D eigenvalue weighted by Gasteiger charge is 2.15. The van der Waals surface area contributed by atoms with Crippen LogP contribution >= 0.6 is 0 Å². The van der Waals surface area contributed by atoms with Gasteiger partial charge in [0.05, 0.1) is 23.6 Å². The van der Waals surface area contributed by atoms with Crippen LogP contribution in [0.5, 0.6) is 0 Å². The maximum Gasteiger partial charge on any atom is 0.137 e. The van der Waals surface area contributed by atoms with E-state index >= 15 is 0 Å². The Balaban J connectivity index is 1.66. The molecule has 22 heavy (non-hydrogen) atoms. The first-order chi connectivity index (χ1) is 10.8. The van der Waals surface area contributed by atoms with Crippen molar-refractivity contribution in [1.29, 1.82) is 0 Å². The Morgan fingerprint density at radius 1 is 1.14 bits per heavy atom. The molecule has 4 rings (SSSR count). The molecule has 3 aromatic rings. The molecule has 1 N–H and O–H groups in total. The number of fused-ring (bicyclic) bond motifs is 2. The highest BCUT2D eigenvalue weighted by atomic mass is 15.2. The van der Waals surface area contributed by atoms with E-state index < -0.39 is 0 Å². The first kappa shape index (κ1) is 13.2. The largest absolute Gasteiger partial charge is 0.383 e. The van der Waals surface area contributed by atoms with Gasteiger partial charge in [-0.25, -0.2) is 4.98 Å². The van der Waals surface area contributed by atoms with Gasteiger partial charge >= 0.3 is 0 Å². The normalized spacial score (nSPS) is 14.5. The lowest BCUT2D eigenvalue weighted by Crippen LogP contribution is -2.23. The summed E-state index contributed by atoms with van der Waals surface area (Å²) in [6, 6.07) is 12.7. The number of nitrogens with zero attached hydrogens (tertiary/aromatic N) is 3. The molecular weight excluding hydrogens is 272 g/mol. The predicted octanol–water partition coefficient (Wildman–Crippen LogP) is 3.46. The number of rotatable bonds is 2. The molecule has 1 aliphatic rings. The molecular formula is C18H20N4. The van der Waals surface area contributed by atoms with E-state index in [9.17, 15) is 0 Å². The van der Waals surface area contributed by atoms with E-state index in [0.717, 1.165) is 37.4 Å². The third-order valence-electron chi connectivity index (χ3n) is 4.17. The van der Waals surface area contributed by atoms with Crippen molar-refractivity contribution in [1.82, 2.24) is 9.38 Å². The third kappa shape index (κ3) is 2.41. The van der Waals surface area contributed by atoms with Crippen molar-refractivity contribution < 1.29 is 0 Å². The van der Waals surface area contributed by atoms with Crippen molar-refractivity contribution in [2.75, 3.05) is 23.3 Å². The zero-order valence-corrected chi connectivity index (χ0v) is 12.8. The number of hydrogen-bond acceptors (Lipinski definition) is 3.